The van der Waals surface area contributed by atoms with Crippen LogP contribution >= 0.6 is 0 Å². The molecule has 316 valence electrons. The molecule has 2 amide bonds. The smallest absolute Gasteiger partial charge is 0.303 e. The molecule has 1 unspecified atom stereocenters. The van der Waals surface area contributed by atoms with Crippen molar-refractivity contribution in [1.82, 2.24) is 20.9 Å². The molecule has 16 heteroatoms. The number of carboxylic acid groups (broad SMARTS) is 4. The lowest BCUT2D eigenvalue weighted by Crippen LogP contribution is -2.46. The molecule has 54 heavy (non-hydrogen) atoms. The van der Waals surface area contributed by atoms with E-state index in [0.717, 1.165) is 116 Å². The minimum atomic E-state index is -0.870. The van der Waals surface area contributed by atoms with Crippen LogP contribution in [0.15, 0.2) is 0 Å². The van der Waals surface area contributed by atoms with Gasteiger partial charge < -0.3 is 52.7 Å². The van der Waals surface area contributed by atoms with Crippen LogP contribution in [0.25, 0.3) is 0 Å². The summed E-state index contributed by atoms with van der Waals surface area (Å²) in [7, 11) is 0. The fourth-order valence-corrected chi connectivity index (χ4v) is 4.90. The molecule has 0 aliphatic carbocycles. The first kappa shape index (κ1) is 52.8. The maximum Gasteiger partial charge on any atom is 0.303 e. The highest BCUT2D eigenvalue weighted by atomic mass is 16.4. The number of nitrogens with two attached hydrogens (primary N) is 2. The van der Waals surface area contributed by atoms with E-state index in [2.05, 4.69) is 16.0 Å². The standard InChI is InChI=1S/C18H36N4O2.C10H18O4.C6H10O4.2C2H5N/c19-13-7-3-4-10-16(20)22-15-9-2-1-8-14-21-17(23)11-5-6-12-18(22)24;11-9(12)7-5-3-1-2-4-6-8-10(13)14;7-5(8)3-1-2-4-6(9)10;2*1-2-3-1/h16H,1-15,19-20H2,(H,21,23);1-8H2,(H,11,12)(H,13,14);1-4H2,(H,7,8)(H,9,10);2*3H,1-2H2. The Bertz CT molecular complexity index is 937. The molecule has 3 rings (SSSR count). The lowest BCUT2D eigenvalue weighted by atomic mass is 10.1. The van der Waals surface area contributed by atoms with Crippen LogP contribution in [0, 0.1) is 0 Å². The molecule has 1 atom stereocenters. The van der Waals surface area contributed by atoms with Crippen molar-refractivity contribution in [3.63, 3.8) is 0 Å². The van der Waals surface area contributed by atoms with E-state index in [1.54, 1.807) is 0 Å². The molecule has 3 saturated heterocycles. The van der Waals surface area contributed by atoms with Crippen LogP contribution < -0.4 is 27.4 Å². The lowest BCUT2D eigenvalue weighted by molar-refractivity contribution is -0.139. The van der Waals surface area contributed by atoms with E-state index in [4.69, 9.17) is 31.9 Å². The Labute approximate surface area is 322 Å². The van der Waals surface area contributed by atoms with Gasteiger partial charge in [0.25, 0.3) is 0 Å². The summed E-state index contributed by atoms with van der Waals surface area (Å²) in [5.74, 6) is -2.98. The second-order valence-electron chi connectivity index (χ2n) is 13.7. The number of hydrogen-bond acceptors (Lipinski definition) is 10. The topological polar surface area (TPSA) is 295 Å². The number of amides is 2. The Morgan fingerprint density at radius 3 is 1.41 bits per heavy atom. The zero-order valence-corrected chi connectivity index (χ0v) is 32.8. The van der Waals surface area contributed by atoms with Gasteiger partial charge in [0, 0.05) is 77.8 Å². The number of hydrogen-bond donors (Lipinski definition) is 9. The highest BCUT2D eigenvalue weighted by Crippen LogP contribution is 2.13. The number of aliphatic carboxylic acids is 4. The maximum atomic E-state index is 12.5. The van der Waals surface area contributed by atoms with Crippen molar-refractivity contribution in [2.24, 2.45) is 11.5 Å². The van der Waals surface area contributed by atoms with E-state index in [-0.39, 0.29) is 43.7 Å². The SMILES string of the molecule is C1CN1.C1CN1.NCCCCCC(N)N1CCCCCCNC(=O)CCCCC1=O.O=C(O)CCCCC(=O)O.O=C(O)CCCCCCCCC(=O)O. The molecule has 16 nitrogen and oxygen atoms in total. The molecular formula is C38H74N6O10. The summed E-state index contributed by atoms with van der Waals surface area (Å²) in [4.78, 5) is 66.1. The van der Waals surface area contributed by atoms with Gasteiger partial charge in [-0.1, -0.05) is 51.4 Å². The second-order valence-corrected chi connectivity index (χ2v) is 13.7. The monoisotopic (exact) mass is 775 g/mol. The van der Waals surface area contributed by atoms with Gasteiger partial charge in [-0.25, -0.2) is 0 Å². The number of nitrogens with zero attached hydrogens (tertiary/aromatic N) is 1. The van der Waals surface area contributed by atoms with Crippen molar-refractivity contribution in [3.8, 4) is 0 Å². The maximum absolute atomic E-state index is 12.5. The lowest BCUT2D eigenvalue weighted by Gasteiger charge is -2.29. The number of unbranched alkanes of at least 4 members (excludes halogenated alkanes) is 8. The van der Waals surface area contributed by atoms with Crippen LogP contribution in [0.1, 0.15) is 154 Å². The van der Waals surface area contributed by atoms with Crippen LogP contribution in [0.3, 0.4) is 0 Å². The van der Waals surface area contributed by atoms with Gasteiger partial charge in [0.1, 0.15) is 0 Å². The number of carboxylic acids is 4. The van der Waals surface area contributed by atoms with Gasteiger partial charge in [-0.15, -0.1) is 0 Å². The van der Waals surface area contributed by atoms with Crippen LogP contribution in [0.5, 0.6) is 0 Å². The zero-order chi connectivity index (χ0) is 40.7. The van der Waals surface area contributed by atoms with Gasteiger partial charge in [-0.2, -0.15) is 0 Å². The first-order chi connectivity index (χ1) is 25.9. The summed E-state index contributed by atoms with van der Waals surface area (Å²) in [6, 6.07) is 0. The normalized spacial score (nSPS) is 16.0. The molecule has 3 fully saturated rings. The summed E-state index contributed by atoms with van der Waals surface area (Å²) in [6.45, 7) is 7.23. The van der Waals surface area contributed by atoms with E-state index in [9.17, 15) is 28.8 Å². The molecule has 3 aliphatic heterocycles. The average molecular weight is 775 g/mol. The van der Waals surface area contributed by atoms with E-state index in [1.165, 1.54) is 26.2 Å². The quantitative estimate of drug-likeness (QED) is 0.0623. The summed E-state index contributed by atoms with van der Waals surface area (Å²) in [5, 5.41) is 41.9. The first-order valence-electron chi connectivity index (χ1n) is 20.2. The number of rotatable bonds is 20. The van der Waals surface area contributed by atoms with Crippen LogP contribution in [0.4, 0.5) is 0 Å². The molecule has 3 heterocycles. The molecule has 3 aliphatic rings. The van der Waals surface area contributed by atoms with Gasteiger partial charge in [0.15, 0.2) is 0 Å². The van der Waals surface area contributed by atoms with Crippen molar-refractivity contribution >= 4 is 35.7 Å². The summed E-state index contributed by atoms with van der Waals surface area (Å²) in [5.41, 5.74) is 11.8. The molecular weight excluding hydrogens is 700 g/mol. The number of nitrogens with one attached hydrogen (secondary N) is 3. The van der Waals surface area contributed by atoms with Crippen molar-refractivity contribution in [1.29, 1.82) is 0 Å². The molecule has 0 aromatic rings. The zero-order valence-electron chi connectivity index (χ0n) is 32.8. The first-order valence-corrected chi connectivity index (χ1v) is 20.2. The van der Waals surface area contributed by atoms with Gasteiger partial charge in [-0.3, -0.25) is 28.8 Å². The van der Waals surface area contributed by atoms with Crippen LogP contribution in [-0.4, -0.2) is 113 Å². The third-order valence-electron chi connectivity index (χ3n) is 8.18. The summed E-state index contributed by atoms with van der Waals surface area (Å²) >= 11 is 0. The largest absolute Gasteiger partial charge is 0.481 e. The Kier molecular flexibility index (Phi) is 38.5. The summed E-state index contributed by atoms with van der Waals surface area (Å²) < 4.78 is 0. The summed E-state index contributed by atoms with van der Waals surface area (Å²) in [6.07, 6.45) is 17.2. The molecule has 0 bridgehead atoms. The van der Waals surface area contributed by atoms with E-state index < -0.39 is 23.9 Å². The Morgan fingerprint density at radius 2 is 0.963 bits per heavy atom. The van der Waals surface area contributed by atoms with E-state index >= 15 is 0 Å². The van der Waals surface area contributed by atoms with Crippen molar-refractivity contribution in [2.75, 3.05) is 45.8 Å². The van der Waals surface area contributed by atoms with Crippen LogP contribution in [-0.2, 0) is 28.8 Å². The van der Waals surface area contributed by atoms with Gasteiger partial charge in [-0.05, 0) is 70.8 Å². The Balaban J connectivity index is 0. The molecule has 0 aromatic heterocycles. The van der Waals surface area contributed by atoms with E-state index in [0.29, 0.717) is 32.2 Å². The predicted molar refractivity (Wildman–Crippen MR) is 209 cm³/mol. The molecule has 0 spiro atoms. The molecule has 0 aromatic carbocycles. The van der Waals surface area contributed by atoms with Gasteiger partial charge in [0.2, 0.25) is 11.8 Å². The van der Waals surface area contributed by atoms with Crippen molar-refractivity contribution in [3.05, 3.63) is 0 Å². The third-order valence-corrected chi connectivity index (χ3v) is 8.18. The van der Waals surface area contributed by atoms with E-state index in [1.807, 2.05) is 4.90 Å². The Morgan fingerprint density at radius 1 is 0.556 bits per heavy atom. The fourth-order valence-electron chi connectivity index (χ4n) is 4.90. The highest BCUT2D eigenvalue weighted by molar-refractivity contribution is 5.77. The Hall–Kier alpha value is -3.34. The average Bonchev–Trinajstić information content (AvgIpc) is 4.00. The third kappa shape index (κ3) is 48.7. The van der Waals surface area contributed by atoms with Crippen LogP contribution in [0.2, 0.25) is 0 Å². The number of carbonyl (C=O) groups excluding carboxylic acids is 2. The molecule has 11 N–H and O–H groups in total. The van der Waals surface area contributed by atoms with Crippen molar-refractivity contribution in [2.45, 2.75) is 160 Å². The van der Waals surface area contributed by atoms with Gasteiger partial charge in [0.05, 0.1) is 6.17 Å². The molecule has 0 radical (unpaired) electrons. The minimum Gasteiger partial charge on any atom is -0.481 e. The fraction of sp³-hybridized carbons (Fsp3) is 0.842. The number of carbonyl (C=O) groups is 6. The molecule has 0 saturated carbocycles. The minimum absolute atomic E-state index is 0.0628. The van der Waals surface area contributed by atoms with Gasteiger partial charge >= 0.3 is 23.9 Å². The highest BCUT2D eigenvalue weighted by Gasteiger charge is 2.20. The van der Waals surface area contributed by atoms with Crippen molar-refractivity contribution < 1.29 is 49.2 Å². The second kappa shape index (κ2) is 39.4. The predicted octanol–water partition coefficient (Wildman–Crippen LogP) is 4.04.